The third-order valence-electron chi connectivity index (χ3n) is 4.97. The van der Waals surface area contributed by atoms with E-state index >= 15 is 0 Å². The number of pyridine rings is 2. The molecule has 0 amide bonds. The van der Waals surface area contributed by atoms with Crippen LogP contribution in [-0.2, 0) is 13.0 Å². The standard InChI is InChI=1S/C21H18N4O/c1-26-14-7-8-15-16(9-11-23-18(15)13-14)20-19-6-4-12-25(19)24-21(20)17-5-2-3-10-22-17/h2-3,5,7-11,13H,4,6,12H2,1H3. The fourth-order valence-electron chi connectivity index (χ4n) is 3.77. The average molecular weight is 342 g/mol. The number of hydrogen-bond donors (Lipinski definition) is 0. The molecule has 0 saturated heterocycles. The minimum Gasteiger partial charge on any atom is -0.497 e. The molecule has 0 bridgehead atoms. The molecule has 26 heavy (non-hydrogen) atoms. The van der Waals surface area contributed by atoms with Crippen molar-refractivity contribution in [3.63, 3.8) is 0 Å². The summed E-state index contributed by atoms with van der Waals surface area (Å²) in [5.74, 6) is 0.812. The van der Waals surface area contributed by atoms with Gasteiger partial charge >= 0.3 is 0 Å². The van der Waals surface area contributed by atoms with Crippen LogP contribution < -0.4 is 4.74 Å². The lowest BCUT2D eigenvalue weighted by molar-refractivity contribution is 0.415. The van der Waals surface area contributed by atoms with Crippen molar-refractivity contribution in [2.45, 2.75) is 19.4 Å². The summed E-state index contributed by atoms with van der Waals surface area (Å²) in [4.78, 5) is 9.08. The van der Waals surface area contributed by atoms with E-state index in [1.165, 1.54) is 11.3 Å². The van der Waals surface area contributed by atoms with E-state index in [1.807, 2.05) is 42.7 Å². The summed E-state index contributed by atoms with van der Waals surface area (Å²) in [6.45, 7) is 0.964. The van der Waals surface area contributed by atoms with Gasteiger partial charge in [0.2, 0.25) is 0 Å². The van der Waals surface area contributed by atoms with E-state index in [-0.39, 0.29) is 0 Å². The number of rotatable bonds is 3. The average Bonchev–Trinajstić information content (AvgIpc) is 3.29. The Morgan fingerprint density at radius 3 is 2.85 bits per heavy atom. The summed E-state index contributed by atoms with van der Waals surface area (Å²) in [6, 6.07) is 14.1. The molecule has 0 spiro atoms. The lowest BCUT2D eigenvalue weighted by Crippen LogP contribution is -1.94. The van der Waals surface area contributed by atoms with Crippen LogP contribution in [0.5, 0.6) is 5.75 Å². The molecule has 4 aromatic rings. The highest BCUT2D eigenvalue weighted by Crippen LogP contribution is 2.39. The Labute approximate surface area is 151 Å². The number of aryl methyl sites for hydroxylation is 1. The highest BCUT2D eigenvalue weighted by atomic mass is 16.5. The first-order valence-electron chi connectivity index (χ1n) is 8.79. The Hall–Kier alpha value is -3.21. The van der Waals surface area contributed by atoms with Gasteiger partial charge in [0.25, 0.3) is 0 Å². The number of nitrogens with zero attached hydrogens (tertiary/aromatic N) is 4. The topological polar surface area (TPSA) is 52.8 Å². The van der Waals surface area contributed by atoms with Crippen molar-refractivity contribution in [1.82, 2.24) is 19.7 Å². The molecule has 0 N–H and O–H groups in total. The zero-order valence-corrected chi connectivity index (χ0v) is 14.5. The van der Waals surface area contributed by atoms with Crippen molar-refractivity contribution in [2.75, 3.05) is 7.11 Å². The number of ether oxygens (including phenoxy) is 1. The minimum atomic E-state index is 0.812. The SMILES string of the molecule is COc1ccc2c(-c3c(-c4ccccn4)nn4c3CCC4)ccnc2c1. The molecule has 4 heterocycles. The van der Waals surface area contributed by atoms with Crippen LogP contribution in [0.3, 0.4) is 0 Å². The first-order valence-corrected chi connectivity index (χ1v) is 8.79. The molecule has 1 aliphatic heterocycles. The second-order valence-corrected chi connectivity index (χ2v) is 6.45. The van der Waals surface area contributed by atoms with Gasteiger partial charge in [-0.25, -0.2) is 0 Å². The molecular weight excluding hydrogens is 324 g/mol. The predicted octanol–water partition coefficient (Wildman–Crippen LogP) is 4.12. The van der Waals surface area contributed by atoms with Gasteiger partial charge in [0.05, 0.1) is 18.3 Å². The molecule has 0 unspecified atom stereocenters. The number of aromatic nitrogens is 4. The first-order chi connectivity index (χ1) is 12.8. The van der Waals surface area contributed by atoms with Crippen molar-refractivity contribution in [1.29, 1.82) is 0 Å². The second kappa shape index (κ2) is 5.95. The maximum absolute atomic E-state index is 5.35. The van der Waals surface area contributed by atoms with E-state index in [2.05, 4.69) is 26.8 Å². The summed E-state index contributed by atoms with van der Waals surface area (Å²) in [6.07, 6.45) is 5.85. The summed E-state index contributed by atoms with van der Waals surface area (Å²) in [5.41, 5.74) is 6.40. The molecule has 0 atom stereocenters. The Morgan fingerprint density at radius 2 is 2.00 bits per heavy atom. The maximum Gasteiger partial charge on any atom is 0.121 e. The summed E-state index contributed by atoms with van der Waals surface area (Å²) in [7, 11) is 1.68. The van der Waals surface area contributed by atoms with Crippen LogP contribution in [0, 0.1) is 0 Å². The van der Waals surface area contributed by atoms with E-state index in [4.69, 9.17) is 9.84 Å². The minimum absolute atomic E-state index is 0.812. The zero-order valence-electron chi connectivity index (χ0n) is 14.5. The quantitative estimate of drug-likeness (QED) is 0.562. The Kier molecular flexibility index (Phi) is 3.45. The van der Waals surface area contributed by atoms with E-state index in [0.29, 0.717) is 0 Å². The third-order valence-corrected chi connectivity index (χ3v) is 4.97. The van der Waals surface area contributed by atoms with Gasteiger partial charge < -0.3 is 4.74 Å². The molecule has 1 aromatic carbocycles. The fourth-order valence-corrected chi connectivity index (χ4v) is 3.77. The van der Waals surface area contributed by atoms with Gasteiger partial charge in [-0.05, 0) is 48.7 Å². The van der Waals surface area contributed by atoms with E-state index < -0.39 is 0 Å². The van der Waals surface area contributed by atoms with Gasteiger partial charge in [0, 0.05) is 41.6 Å². The number of benzene rings is 1. The first kappa shape index (κ1) is 15.1. The number of methoxy groups -OCH3 is 1. The highest BCUT2D eigenvalue weighted by Gasteiger charge is 2.25. The summed E-state index contributed by atoms with van der Waals surface area (Å²) < 4.78 is 7.49. The van der Waals surface area contributed by atoms with Gasteiger partial charge in [-0.1, -0.05) is 6.07 Å². The van der Waals surface area contributed by atoms with Crippen molar-refractivity contribution in [3.05, 3.63) is 60.6 Å². The molecule has 5 nitrogen and oxygen atoms in total. The van der Waals surface area contributed by atoms with Crippen LogP contribution in [0.15, 0.2) is 54.9 Å². The van der Waals surface area contributed by atoms with Crippen LogP contribution in [-0.4, -0.2) is 26.9 Å². The van der Waals surface area contributed by atoms with Crippen molar-refractivity contribution in [3.8, 4) is 28.3 Å². The van der Waals surface area contributed by atoms with E-state index in [1.54, 1.807) is 7.11 Å². The van der Waals surface area contributed by atoms with Gasteiger partial charge in [-0.15, -0.1) is 0 Å². The Balaban J connectivity index is 1.80. The molecule has 0 aliphatic carbocycles. The monoisotopic (exact) mass is 342 g/mol. The summed E-state index contributed by atoms with van der Waals surface area (Å²) >= 11 is 0. The van der Waals surface area contributed by atoms with Crippen molar-refractivity contribution < 1.29 is 4.74 Å². The van der Waals surface area contributed by atoms with E-state index in [0.717, 1.165) is 53.0 Å². The second-order valence-electron chi connectivity index (χ2n) is 6.45. The molecule has 0 radical (unpaired) electrons. The molecule has 128 valence electrons. The van der Waals surface area contributed by atoms with Gasteiger partial charge in [-0.3, -0.25) is 14.6 Å². The molecule has 0 saturated carbocycles. The lowest BCUT2D eigenvalue weighted by Gasteiger charge is -2.09. The Morgan fingerprint density at radius 1 is 1.04 bits per heavy atom. The fraction of sp³-hybridized carbons (Fsp3) is 0.190. The summed E-state index contributed by atoms with van der Waals surface area (Å²) in [5, 5.41) is 5.99. The normalized spacial score (nSPS) is 13.1. The van der Waals surface area contributed by atoms with Crippen molar-refractivity contribution >= 4 is 10.9 Å². The van der Waals surface area contributed by atoms with Crippen LogP contribution in [0.2, 0.25) is 0 Å². The van der Waals surface area contributed by atoms with Gasteiger partial charge in [0.1, 0.15) is 11.4 Å². The molecule has 0 fully saturated rings. The molecule has 5 rings (SSSR count). The third kappa shape index (κ3) is 2.28. The van der Waals surface area contributed by atoms with E-state index in [9.17, 15) is 0 Å². The zero-order chi connectivity index (χ0) is 17.5. The molecule has 3 aromatic heterocycles. The van der Waals surface area contributed by atoms with Crippen LogP contribution in [0.25, 0.3) is 33.4 Å². The smallest absolute Gasteiger partial charge is 0.121 e. The van der Waals surface area contributed by atoms with Crippen LogP contribution >= 0.6 is 0 Å². The van der Waals surface area contributed by atoms with Crippen LogP contribution in [0.1, 0.15) is 12.1 Å². The van der Waals surface area contributed by atoms with Crippen molar-refractivity contribution in [2.24, 2.45) is 0 Å². The van der Waals surface area contributed by atoms with Crippen LogP contribution in [0.4, 0.5) is 0 Å². The molecule has 5 heteroatoms. The largest absolute Gasteiger partial charge is 0.497 e. The van der Waals surface area contributed by atoms with Gasteiger partial charge in [-0.2, -0.15) is 5.10 Å². The van der Waals surface area contributed by atoms with Gasteiger partial charge in [0.15, 0.2) is 0 Å². The molecule has 1 aliphatic rings. The Bertz CT molecular complexity index is 1100. The lowest BCUT2D eigenvalue weighted by atomic mass is 9.96. The maximum atomic E-state index is 5.35. The predicted molar refractivity (Wildman–Crippen MR) is 101 cm³/mol. The number of hydrogen-bond acceptors (Lipinski definition) is 4. The molecular formula is C21H18N4O. The highest BCUT2D eigenvalue weighted by molar-refractivity contribution is 5.99. The number of fused-ring (bicyclic) bond motifs is 2.